The van der Waals surface area contributed by atoms with Gasteiger partial charge in [0.05, 0.1) is 18.7 Å². The van der Waals surface area contributed by atoms with Crippen LogP contribution in [0.2, 0.25) is 0 Å². The number of ether oxygens (including phenoxy) is 1. The fraction of sp³-hybridized carbons (Fsp3) is 0.450. The maximum Gasteiger partial charge on any atom is 0.320 e. The van der Waals surface area contributed by atoms with Crippen LogP contribution in [0.4, 0.5) is 10.6 Å². The molecule has 8 heteroatoms. The molecule has 0 aliphatic rings. The summed E-state index contributed by atoms with van der Waals surface area (Å²) in [5, 5.41) is 19.2. The van der Waals surface area contributed by atoms with Crippen LogP contribution in [0.3, 0.4) is 0 Å². The molecule has 28 heavy (non-hydrogen) atoms. The van der Waals surface area contributed by atoms with Crippen LogP contribution in [-0.2, 0) is 5.54 Å². The lowest BCUT2D eigenvalue weighted by Crippen LogP contribution is -2.37. The molecule has 1 aromatic carbocycles. The molecule has 2 amide bonds. The fourth-order valence-electron chi connectivity index (χ4n) is 2.68. The molecule has 0 bridgehead atoms. The van der Waals surface area contributed by atoms with Gasteiger partial charge in [-0.3, -0.25) is 10.00 Å². The van der Waals surface area contributed by atoms with Gasteiger partial charge in [-0.05, 0) is 52.6 Å². The van der Waals surface area contributed by atoms with Gasteiger partial charge in [0.2, 0.25) is 0 Å². The Hall–Kier alpha value is -3.05. The molecule has 150 valence electrons. The molecule has 1 atom stereocenters. The van der Waals surface area contributed by atoms with Gasteiger partial charge in [0.15, 0.2) is 5.82 Å². The van der Waals surface area contributed by atoms with E-state index in [0.717, 1.165) is 11.3 Å². The number of nitriles is 1. The predicted molar refractivity (Wildman–Crippen MR) is 108 cm³/mol. The van der Waals surface area contributed by atoms with Gasteiger partial charge in [0, 0.05) is 12.7 Å². The monoisotopic (exact) mass is 384 g/mol. The highest BCUT2D eigenvalue weighted by molar-refractivity contribution is 5.89. The van der Waals surface area contributed by atoms with E-state index in [-0.39, 0.29) is 17.4 Å². The smallest absolute Gasteiger partial charge is 0.320 e. The quantitative estimate of drug-likeness (QED) is 0.798. The second kappa shape index (κ2) is 8.76. The zero-order valence-electron chi connectivity index (χ0n) is 17.3. The van der Waals surface area contributed by atoms with Crippen LogP contribution in [-0.4, -0.2) is 48.5 Å². The van der Waals surface area contributed by atoms with E-state index in [1.54, 1.807) is 18.0 Å². The molecule has 0 radical (unpaired) electrons. The van der Waals surface area contributed by atoms with E-state index in [9.17, 15) is 10.1 Å². The van der Waals surface area contributed by atoms with Crippen molar-refractivity contribution in [2.75, 3.05) is 33.1 Å². The van der Waals surface area contributed by atoms with Crippen molar-refractivity contribution in [3.05, 3.63) is 41.6 Å². The summed E-state index contributed by atoms with van der Waals surface area (Å²) in [7, 11) is 5.52. The first kappa shape index (κ1) is 21.3. The Morgan fingerprint density at radius 1 is 1.39 bits per heavy atom. The molecule has 2 aromatic rings. The van der Waals surface area contributed by atoms with E-state index in [1.807, 2.05) is 64.0 Å². The number of carbonyl (C=O) groups excluding carboxylic acids is 1. The summed E-state index contributed by atoms with van der Waals surface area (Å²) in [5.74, 6) is 1.01. The van der Waals surface area contributed by atoms with Crippen molar-refractivity contribution in [2.45, 2.75) is 32.4 Å². The Morgan fingerprint density at radius 2 is 2.11 bits per heavy atom. The minimum atomic E-state index is -0.412. The summed E-state index contributed by atoms with van der Waals surface area (Å²) in [6.45, 7) is 6.30. The lowest BCUT2D eigenvalue weighted by Gasteiger charge is -2.25. The van der Waals surface area contributed by atoms with Crippen LogP contribution in [0.15, 0.2) is 30.5 Å². The Morgan fingerprint density at radius 3 is 2.68 bits per heavy atom. The Bertz CT molecular complexity index is 860. The van der Waals surface area contributed by atoms with Crippen LogP contribution in [0.1, 0.15) is 37.9 Å². The second-order valence-corrected chi connectivity index (χ2v) is 7.71. The van der Waals surface area contributed by atoms with Crippen molar-refractivity contribution >= 4 is 11.8 Å². The molecule has 0 saturated carbocycles. The van der Waals surface area contributed by atoms with Crippen molar-refractivity contribution in [2.24, 2.45) is 0 Å². The number of amides is 2. The molecule has 0 spiro atoms. The molecule has 2 rings (SSSR count). The molecule has 2 N–H and O–H groups in total. The minimum absolute atomic E-state index is 0.0385. The number of urea groups is 1. The minimum Gasteiger partial charge on any atom is -0.497 e. The highest BCUT2D eigenvalue weighted by atomic mass is 16.5. The van der Waals surface area contributed by atoms with E-state index < -0.39 is 6.03 Å². The third kappa shape index (κ3) is 5.24. The van der Waals surface area contributed by atoms with Gasteiger partial charge in [-0.1, -0.05) is 12.1 Å². The van der Waals surface area contributed by atoms with Gasteiger partial charge in [0.25, 0.3) is 0 Å². The first-order chi connectivity index (χ1) is 13.2. The standard InChI is InChI=1S/C20H28N6O2/c1-20(2,3)26-13-15(11-21)18(24-26)23-19(27)22-12-17(25(4)5)14-8-7-9-16(10-14)28-6/h7-10,13,17H,12H2,1-6H3,(H2,22,23,24,27). The highest BCUT2D eigenvalue weighted by Crippen LogP contribution is 2.22. The molecule has 1 heterocycles. The van der Waals surface area contributed by atoms with Gasteiger partial charge < -0.3 is 15.0 Å². The molecule has 1 unspecified atom stereocenters. The normalized spacial score (nSPS) is 12.4. The lowest BCUT2D eigenvalue weighted by atomic mass is 10.1. The van der Waals surface area contributed by atoms with E-state index in [2.05, 4.69) is 21.8 Å². The molecular weight excluding hydrogens is 356 g/mol. The van der Waals surface area contributed by atoms with Crippen molar-refractivity contribution in [1.82, 2.24) is 20.0 Å². The number of rotatable bonds is 6. The van der Waals surface area contributed by atoms with Crippen LogP contribution in [0.5, 0.6) is 5.75 Å². The zero-order chi connectivity index (χ0) is 20.9. The average molecular weight is 384 g/mol. The summed E-state index contributed by atoms with van der Waals surface area (Å²) < 4.78 is 6.95. The van der Waals surface area contributed by atoms with E-state index in [1.165, 1.54) is 0 Å². The third-order valence-corrected chi connectivity index (χ3v) is 4.31. The molecule has 0 saturated heterocycles. The topological polar surface area (TPSA) is 95.2 Å². The van der Waals surface area contributed by atoms with E-state index in [4.69, 9.17) is 4.74 Å². The Balaban J connectivity index is 2.08. The van der Waals surface area contributed by atoms with Gasteiger partial charge >= 0.3 is 6.03 Å². The summed E-state index contributed by atoms with van der Waals surface area (Å²) in [5.41, 5.74) is 1.06. The number of carbonyl (C=O) groups is 1. The van der Waals surface area contributed by atoms with Crippen molar-refractivity contribution in [3.8, 4) is 11.8 Å². The van der Waals surface area contributed by atoms with Crippen LogP contribution in [0, 0.1) is 11.3 Å². The number of nitrogens with zero attached hydrogens (tertiary/aromatic N) is 4. The summed E-state index contributed by atoms with van der Waals surface area (Å²) in [6, 6.07) is 9.36. The highest BCUT2D eigenvalue weighted by Gasteiger charge is 2.20. The fourth-order valence-corrected chi connectivity index (χ4v) is 2.68. The number of methoxy groups -OCH3 is 1. The lowest BCUT2D eigenvalue weighted by molar-refractivity contribution is 0.243. The van der Waals surface area contributed by atoms with Gasteiger partial charge in [-0.2, -0.15) is 10.4 Å². The first-order valence-corrected chi connectivity index (χ1v) is 9.01. The van der Waals surface area contributed by atoms with E-state index in [0.29, 0.717) is 12.1 Å². The number of anilines is 1. The summed E-state index contributed by atoms with van der Waals surface area (Å²) >= 11 is 0. The van der Waals surface area contributed by atoms with Crippen LogP contribution >= 0.6 is 0 Å². The Kier molecular flexibility index (Phi) is 6.65. The first-order valence-electron chi connectivity index (χ1n) is 9.01. The average Bonchev–Trinajstić information content (AvgIpc) is 3.05. The number of hydrogen-bond donors (Lipinski definition) is 2. The zero-order valence-corrected chi connectivity index (χ0v) is 17.3. The van der Waals surface area contributed by atoms with Gasteiger partial charge in [0.1, 0.15) is 17.4 Å². The maximum atomic E-state index is 12.4. The number of likely N-dealkylation sites (N-methyl/N-ethyl adjacent to an activating group) is 1. The number of benzene rings is 1. The van der Waals surface area contributed by atoms with Crippen LogP contribution < -0.4 is 15.4 Å². The number of nitrogens with one attached hydrogen (secondary N) is 2. The molecule has 0 fully saturated rings. The maximum absolute atomic E-state index is 12.4. The largest absolute Gasteiger partial charge is 0.497 e. The number of aromatic nitrogens is 2. The van der Waals surface area contributed by atoms with Gasteiger partial charge in [-0.25, -0.2) is 4.79 Å². The predicted octanol–water partition coefficient (Wildman–Crippen LogP) is 2.94. The third-order valence-electron chi connectivity index (χ3n) is 4.31. The van der Waals surface area contributed by atoms with Crippen LogP contribution in [0.25, 0.3) is 0 Å². The molecule has 8 nitrogen and oxygen atoms in total. The summed E-state index contributed by atoms with van der Waals surface area (Å²) in [4.78, 5) is 14.4. The van der Waals surface area contributed by atoms with Crippen molar-refractivity contribution < 1.29 is 9.53 Å². The van der Waals surface area contributed by atoms with Crippen molar-refractivity contribution in [3.63, 3.8) is 0 Å². The Labute approximate surface area is 166 Å². The summed E-state index contributed by atoms with van der Waals surface area (Å²) in [6.07, 6.45) is 1.63. The molecule has 1 aromatic heterocycles. The van der Waals surface area contributed by atoms with Crippen molar-refractivity contribution in [1.29, 1.82) is 5.26 Å². The molecular formula is C20H28N6O2. The SMILES string of the molecule is COc1cccc(C(CNC(=O)Nc2nn(C(C)(C)C)cc2C#N)N(C)C)c1. The van der Waals surface area contributed by atoms with Gasteiger partial charge in [-0.15, -0.1) is 0 Å². The van der Waals surface area contributed by atoms with E-state index >= 15 is 0 Å². The second-order valence-electron chi connectivity index (χ2n) is 7.71. The number of hydrogen-bond acceptors (Lipinski definition) is 5. The molecule has 0 aliphatic heterocycles. The molecule has 0 aliphatic carbocycles.